The molecule has 0 bridgehead atoms. The second kappa shape index (κ2) is 6.76. The van der Waals surface area contributed by atoms with Crippen LogP contribution < -0.4 is 10.0 Å². The molecule has 1 aliphatic rings. The van der Waals surface area contributed by atoms with Crippen LogP contribution in [0.15, 0.2) is 36.7 Å². The number of benzene rings is 1. The molecule has 4 rings (SSSR count). The summed E-state index contributed by atoms with van der Waals surface area (Å²) in [5.41, 5.74) is 4.56. The highest BCUT2D eigenvalue weighted by molar-refractivity contribution is 8.00. The Balaban J connectivity index is 1.67. The first kappa shape index (κ1) is 16.0. The van der Waals surface area contributed by atoms with Crippen molar-refractivity contribution in [1.82, 2.24) is 15.0 Å². The highest BCUT2D eigenvalue weighted by Gasteiger charge is 2.30. The minimum atomic E-state index is 0.0458. The average Bonchev–Trinajstić information content (AvgIpc) is 3.38. The van der Waals surface area contributed by atoms with Crippen LogP contribution in [0.2, 0.25) is 0 Å². The molecule has 25 heavy (non-hydrogen) atoms. The van der Waals surface area contributed by atoms with Crippen molar-refractivity contribution in [2.45, 2.75) is 19.8 Å². The topological polar surface area (TPSA) is 82.7 Å². The van der Waals surface area contributed by atoms with Crippen molar-refractivity contribution in [1.29, 1.82) is 0 Å². The van der Waals surface area contributed by atoms with Gasteiger partial charge in [0.15, 0.2) is 5.65 Å². The Morgan fingerprint density at radius 3 is 2.84 bits per heavy atom. The van der Waals surface area contributed by atoms with Gasteiger partial charge < -0.3 is 15.0 Å². The molecular weight excluding hydrogens is 334 g/mol. The van der Waals surface area contributed by atoms with E-state index < -0.39 is 0 Å². The lowest BCUT2D eigenvalue weighted by Crippen LogP contribution is -2.14. The highest BCUT2D eigenvalue weighted by atomic mass is 32.2. The van der Waals surface area contributed by atoms with Crippen molar-refractivity contribution in [3.8, 4) is 11.1 Å². The number of pyridine rings is 1. The van der Waals surface area contributed by atoms with E-state index in [-0.39, 0.29) is 11.8 Å². The van der Waals surface area contributed by atoms with E-state index in [1.807, 2.05) is 18.2 Å². The molecule has 6 nitrogen and oxygen atoms in total. The molecule has 0 unspecified atom stereocenters. The van der Waals surface area contributed by atoms with E-state index in [0.29, 0.717) is 11.5 Å². The number of imidazole rings is 1. The van der Waals surface area contributed by atoms with Gasteiger partial charge in [-0.3, -0.25) is 4.79 Å². The third-order valence-corrected chi connectivity index (χ3v) is 4.79. The smallest absolute Gasteiger partial charge is 0.228 e. The summed E-state index contributed by atoms with van der Waals surface area (Å²) in [7, 11) is 0. The van der Waals surface area contributed by atoms with Gasteiger partial charge in [0.05, 0.1) is 11.8 Å². The summed E-state index contributed by atoms with van der Waals surface area (Å²) in [6.07, 6.45) is 3.56. The first-order chi connectivity index (χ1) is 12.2. The minimum Gasteiger partial charge on any atom is -0.343 e. The number of hydrogen-bond acceptors (Lipinski definition) is 5. The van der Waals surface area contributed by atoms with Gasteiger partial charge >= 0.3 is 0 Å². The van der Waals surface area contributed by atoms with Crippen molar-refractivity contribution in [3.63, 3.8) is 0 Å². The molecule has 128 valence electrons. The van der Waals surface area contributed by atoms with E-state index in [1.165, 1.54) is 0 Å². The largest absolute Gasteiger partial charge is 0.343 e. The molecule has 2 aromatic heterocycles. The number of anilines is 2. The van der Waals surface area contributed by atoms with E-state index in [2.05, 4.69) is 44.0 Å². The first-order valence-corrected chi connectivity index (χ1v) is 9.36. The van der Waals surface area contributed by atoms with Crippen molar-refractivity contribution in [2.75, 3.05) is 15.8 Å². The standard InChI is InChI=1S/C18H19N5OS/c1-2-25-23-13-7-5-11(6-8-13)14-9-15(22-18(24)12-3-4-12)21-17-16(14)19-10-20-17/h5-10,12,23H,2-4H2,1H3,(H2,19,20,21,22,24). The summed E-state index contributed by atoms with van der Waals surface area (Å²) in [5.74, 6) is 1.74. The quantitative estimate of drug-likeness (QED) is 0.582. The molecule has 0 spiro atoms. The number of aromatic amines is 1. The molecule has 0 saturated heterocycles. The van der Waals surface area contributed by atoms with Gasteiger partial charge in [-0.15, -0.1) is 0 Å². The number of nitrogens with one attached hydrogen (secondary N) is 3. The number of carbonyl (C=O) groups excluding carboxylic acids is 1. The SMILES string of the molecule is CCSNc1ccc(-c2cc(NC(=O)C3CC3)nc3nc[nH]c23)cc1. The summed E-state index contributed by atoms with van der Waals surface area (Å²) in [5, 5.41) is 2.92. The summed E-state index contributed by atoms with van der Waals surface area (Å²) in [6.45, 7) is 2.11. The Morgan fingerprint density at radius 1 is 1.32 bits per heavy atom. The van der Waals surface area contributed by atoms with Gasteiger partial charge in [-0.1, -0.05) is 31.0 Å². The fourth-order valence-electron chi connectivity index (χ4n) is 2.66. The maximum atomic E-state index is 12.1. The van der Waals surface area contributed by atoms with E-state index in [1.54, 1.807) is 18.3 Å². The Bertz CT molecular complexity index is 901. The predicted molar refractivity (Wildman–Crippen MR) is 102 cm³/mol. The van der Waals surface area contributed by atoms with Crippen molar-refractivity contribution >= 4 is 40.5 Å². The van der Waals surface area contributed by atoms with Crippen LogP contribution in [0.25, 0.3) is 22.3 Å². The van der Waals surface area contributed by atoms with Crippen LogP contribution in [-0.2, 0) is 4.79 Å². The predicted octanol–water partition coefficient (Wildman–Crippen LogP) is 4.05. The number of hydrogen-bond donors (Lipinski definition) is 3. The number of rotatable bonds is 6. The van der Waals surface area contributed by atoms with E-state index in [0.717, 1.165) is 40.9 Å². The van der Waals surface area contributed by atoms with Crippen molar-refractivity contribution < 1.29 is 4.79 Å². The lowest BCUT2D eigenvalue weighted by Gasteiger charge is -2.09. The molecule has 3 aromatic rings. The van der Waals surface area contributed by atoms with Crippen LogP contribution in [0.5, 0.6) is 0 Å². The molecule has 1 aliphatic carbocycles. The fraction of sp³-hybridized carbons (Fsp3) is 0.278. The normalized spacial score (nSPS) is 13.8. The Kier molecular flexibility index (Phi) is 4.31. The van der Waals surface area contributed by atoms with Crippen LogP contribution in [-0.4, -0.2) is 26.6 Å². The molecule has 0 atom stereocenters. The molecule has 7 heteroatoms. The molecule has 3 N–H and O–H groups in total. The Labute approximate surface area is 150 Å². The maximum absolute atomic E-state index is 12.1. The first-order valence-electron chi connectivity index (χ1n) is 8.38. The Morgan fingerprint density at radius 2 is 2.12 bits per heavy atom. The molecule has 1 fully saturated rings. The molecule has 1 saturated carbocycles. The molecule has 1 amide bonds. The van der Waals surface area contributed by atoms with Crippen molar-refractivity contribution in [2.24, 2.45) is 5.92 Å². The number of amides is 1. The zero-order chi connectivity index (χ0) is 17.2. The van der Waals surface area contributed by atoms with E-state index >= 15 is 0 Å². The second-order valence-electron chi connectivity index (χ2n) is 6.03. The number of carbonyl (C=O) groups is 1. The minimum absolute atomic E-state index is 0.0458. The van der Waals surface area contributed by atoms with Crippen LogP contribution in [0.4, 0.5) is 11.5 Å². The van der Waals surface area contributed by atoms with Gasteiger partial charge in [-0.2, -0.15) is 0 Å². The third-order valence-electron chi connectivity index (χ3n) is 4.13. The van der Waals surface area contributed by atoms with Gasteiger partial charge in [-0.25, -0.2) is 9.97 Å². The maximum Gasteiger partial charge on any atom is 0.228 e. The van der Waals surface area contributed by atoms with Gasteiger partial charge in [0.25, 0.3) is 0 Å². The number of H-pyrrole nitrogens is 1. The summed E-state index contributed by atoms with van der Waals surface area (Å²) in [4.78, 5) is 23.9. The fourth-order valence-corrected chi connectivity index (χ4v) is 3.11. The molecule has 1 aromatic carbocycles. The average molecular weight is 353 g/mol. The highest BCUT2D eigenvalue weighted by Crippen LogP contribution is 2.32. The van der Waals surface area contributed by atoms with Crippen LogP contribution >= 0.6 is 11.9 Å². The van der Waals surface area contributed by atoms with E-state index in [4.69, 9.17) is 0 Å². The number of nitrogens with zero attached hydrogens (tertiary/aromatic N) is 2. The van der Waals surface area contributed by atoms with Crippen molar-refractivity contribution in [3.05, 3.63) is 36.7 Å². The van der Waals surface area contributed by atoms with Gasteiger partial charge in [0, 0.05) is 22.9 Å². The van der Waals surface area contributed by atoms with Gasteiger partial charge in [0.2, 0.25) is 5.91 Å². The van der Waals surface area contributed by atoms with E-state index in [9.17, 15) is 4.79 Å². The summed E-state index contributed by atoms with van der Waals surface area (Å²) >= 11 is 1.66. The Hall–Kier alpha value is -2.54. The number of fused-ring (bicyclic) bond motifs is 1. The lowest BCUT2D eigenvalue weighted by atomic mass is 10.1. The molecule has 0 aliphatic heterocycles. The van der Waals surface area contributed by atoms with Gasteiger partial charge in [-0.05, 0) is 36.6 Å². The van der Waals surface area contributed by atoms with Gasteiger partial charge in [0.1, 0.15) is 5.82 Å². The zero-order valence-corrected chi connectivity index (χ0v) is 14.7. The third kappa shape index (κ3) is 3.46. The monoisotopic (exact) mass is 353 g/mol. The molecular formula is C18H19N5OS. The van der Waals surface area contributed by atoms with Crippen LogP contribution in [0.1, 0.15) is 19.8 Å². The summed E-state index contributed by atoms with van der Waals surface area (Å²) < 4.78 is 3.29. The molecule has 2 heterocycles. The second-order valence-corrected chi connectivity index (χ2v) is 7.10. The molecule has 0 radical (unpaired) electrons. The number of aromatic nitrogens is 3. The van der Waals surface area contributed by atoms with Crippen LogP contribution in [0, 0.1) is 5.92 Å². The van der Waals surface area contributed by atoms with Crippen LogP contribution in [0.3, 0.4) is 0 Å². The zero-order valence-electron chi connectivity index (χ0n) is 13.9. The lowest BCUT2D eigenvalue weighted by molar-refractivity contribution is -0.117. The summed E-state index contributed by atoms with van der Waals surface area (Å²) in [6, 6.07) is 10.1.